The highest BCUT2D eigenvalue weighted by Gasteiger charge is 2.29. The fourth-order valence-electron chi connectivity index (χ4n) is 2.41. The molecule has 0 saturated heterocycles. The van der Waals surface area contributed by atoms with Crippen LogP contribution in [0.5, 0.6) is 0 Å². The fraction of sp³-hybridized carbons (Fsp3) is 0.750. The molecular weight excluding hydrogens is 243 g/mol. The lowest BCUT2D eigenvalue weighted by molar-refractivity contribution is -0.140. The average molecular weight is 261 g/mol. The van der Waals surface area contributed by atoms with Crippen molar-refractivity contribution in [1.29, 1.82) is 0 Å². The molecule has 0 atom stereocenters. The van der Waals surface area contributed by atoms with E-state index in [9.17, 15) is 13.2 Å². The molecule has 1 aliphatic rings. The summed E-state index contributed by atoms with van der Waals surface area (Å²) in [6.07, 6.45) is 2.74. The van der Waals surface area contributed by atoms with Gasteiger partial charge in [0.2, 0.25) is 5.95 Å². The summed E-state index contributed by atoms with van der Waals surface area (Å²) in [4.78, 5) is 4.14. The van der Waals surface area contributed by atoms with Gasteiger partial charge in [-0.15, -0.1) is 0 Å². The van der Waals surface area contributed by atoms with Crippen LogP contribution in [0.4, 0.5) is 19.1 Å². The first-order valence-electron chi connectivity index (χ1n) is 6.31. The van der Waals surface area contributed by atoms with E-state index in [1.807, 2.05) is 0 Å². The number of aryl methyl sites for hydroxylation is 1. The van der Waals surface area contributed by atoms with E-state index in [0.717, 1.165) is 30.3 Å². The van der Waals surface area contributed by atoms with Gasteiger partial charge in [0, 0.05) is 12.2 Å². The van der Waals surface area contributed by atoms with Crippen LogP contribution in [0.3, 0.4) is 0 Å². The molecule has 6 heteroatoms. The van der Waals surface area contributed by atoms with E-state index >= 15 is 0 Å². The highest BCUT2D eigenvalue weighted by molar-refractivity contribution is 5.30. The number of hydrogen-bond acceptors (Lipinski definition) is 2. The van der Waals surface area contributed by atoms with E-state index < -0.39 is 12.7 Å². The third kappa shape index (κ3) is 3.65. The zero-order chi connectivity index (χ0) is 13.2. The van der Waals surface area contributed by atoms with E-state index in [1.54, 1.807) is 6.92 Å². The first-order chi connectivity index (χ1) is 8.44. The number of halogens is 3. The number of aromatic nitrogens is 2. The SMILES string of the molecule is Cc1cn(CC(F)(F)F)c(NC2CCCCC2)n1. The van der Waals surface area contributed by atoms with Gasteiger partial charge in [-0.25, -0.2) is 4.98 Å². The van der Waals surface area contributed by atoms with Crippen LogP contribution in [0, 0.1) is 6.92 Å². The Balaban J connectivity index is 2.06. The van der Waals surface area contributed by atoms with E-state index in [2.05, 4.69) is 10.3 Å². The molecule has 1 aromatic rings. The number of imidazole rings is 1. The maximum Gasteiger partial charge on any atom is 0.406 e. The van der Waals surface area contributed by atoms with E-state index in [0.29, 0.717) is 11.6 Å². The number of nitrogens with one attached hydrogen (secondary N) is 1. The molecule has 18 heavy (non-hydrogen) atoms. The molecule has 0 aliphatic heterocycles. The van der Waals surface area contributed by atoms with E-state index in [1.165, 1.54) is 12.6 Å². The summed E-state index contributed by atoms with van der Waals surface area (Å²) in [5, 5.41) is 3.14. The molecule has 0 radical (unpaired) electrons. The van der Waals surface area contributed by atoms with Crippen molar-refractivity contribution in [2.45, 2.75) is 57.8 Å². The first kappa shape index (κ1) is 13.2. The van der Waals surface area contributed by atoms with Gasteiger partial charge >= 0.3 is 6.18 Å². The van der Waals surface area contributed by atoms with Gasteiger partial charge in [0.05, 0.1) is 5.69 Å². The Labute approximate surface area is 104 Å². The molecular formula is C12H18F3N3. The summed E-state index contributed by atoms with van der Waals surface area (Å²) < 4.78 is 38.5. The van der Waals surface area contributed by atoms with E-state index in [4.69, 9.17) is 0 Å². The summed E-state index contributed by atoms with van der Waals surface area (Å²) in [7, 11) is 0. The van der Waals surface area contributed by atoms with Crippen molar-refractivity contribution in [3.05, 3.63) is 11.9 Å². The Morgan fingerprint density at radius 3 is 2.61 bits per heavy atom. The molecule has 1 aromatic heterocycles. The number of alkyl halides is 3. The number of rotatable bonds is 3. The van der Waals surface area contributed by atoms with Crippen molar-refractivity contribution in [2.75, 3.05) is 5.32 Å². The summed E-state index contributed by atoms with van der Waals surface area (Å²) >= 11 is 0. The molecule has 0 amide bonds. The second-order valence-corrected chi connectivity index (χ2v) is 4.93. The minimum atomic E-state index is -4.21. The Bertz CT molecular complexity index is 392. The van der Waals surface area contributed by atoms with Crippen LogP contribution in [-0.4, -0.2) is 21.8 Å². The summed E-state index contributed by atoms with van der Waals surface area (Å²) in [6.45, 7) is 0.724. The molecule has 3 nitrogen and oxygen atoms in total. The minimum Gasteiger partial charge on any atom is -0.353 e. The third-order valence-electron chi connectivity index (χ3n) is 3.19. The topological polar surface area (TPSA) is 29.9 Å². The van der Waals surface area contributed by atoms with Crippen molar-refractivity contribution in [2.24, 2.45) is 0 Å². The lowest BCUT2D eigenvalue weighted by Crippen LogP contribution is -2.26. The second-order valence-electron chi connectivity index (χ2n) is 4.93. The Hall–Kier alpha value is -1.20. The molecule has 1 fully saturated rings. The molecule has 1 heterocycles. The van der Waals surface area contributed by atoms with Crippen molar-refractivity contribution in [3.8, 4) is 0 Å². The zero-order valence-electron chi connectivity index (χ0n) is 10.4. The number of anilines is 1. The van der Waals surface area contributed by atoms with Crippen molar-refractivity contribution in [1.82, 2.24) is 9.55 Å². The largest absolute Gasteiger partial charge is 0.406 e. The van der Waals surface area contributed by atoms with Crippen LogP contribution in [0.25, 0.3) is 0 Å². The van der Waals surface area contributed by atoms with Crippen LogP contribution in [0.2, 0.25) is 0 Å². The van der Waals surface area contributed by atoms with Gasteiger partial charge in [-0.1, -0.05) is 19.3 Å². The van der Waals surface area contributed by atoms with Gasteiger partial charge in [-0.05, 0) is 19.8 Å². The van der Waals surface area contributed by atoms with Gasteiger partial charge in [0.1, 0.15) is 6.54 Å². The second kappa shape index (κ2) is 5.20. The monoisotopic (exact) mass is 261 g/mol. The standard InChI is InChI=1S/C12H18F3N3/c1-9-7-18(8-12(13,14)15)11(16-9)17-10-5-3-2-4-6-10/h7,10H,2-6,8H2,1H3,(H,16,17). The summed E-state index contributed by atoms with van der Waals surface area (Å²) in [6, 6.07) is 0.257. The average Bonchev–Trinajstić information content (AvgIpc) is 2.57. The van der Waals surface area contributed by atoms with Crippen LogP contribution in [0.15, 0.2) is 6.20 Å². The third-order valence-corrected chi connectivity index (χ3v) is 3.19. The van der Waals surface area contributed by atoms with Crippen LogP contribution in [-0.2, 0) is 6.54 Å². The maximum absolute atomic E-state index is 12.4. The quantitative estimate of drug-likeness (QED) is 0.902. The van der Waals surface area contributed by atoms with Crippen LogP contribution >= 0.6 is 0 Å². The predicted molar refractivity (Wildman–Crippen MR) is 63.5 cm³/mol. The lowest BCUT2D eigenvalue weighted by atomic mass is 9.96. The number of hydrogen-bond donors (Lipinski definition) is 1. The molecule has 0 unspecified atom stereocenters. The molecule has 0 bridgehead atoms. The Kier molecular flexibility index (Phi) is 3.82. The Morgan fingerprint density at radius 2 is 2.00 bits per heavy atom. The zero-order valence-corrected chi connectivity index (χ0v) is 10.4. The van der Waals surface area contributed by atoms with Crippen LogP contribution in [0.1, 0.15) is 37.8 Å². The molecule has 1 aliphatic carbocycles. The van der Waals surface area contributed by atoms with Gasteiger partial charge in [0.15, 0.2) is 0 Å². The molecule has 102 valence electrons. The predicted octanol–water partition coefficient (Wildman–Crippen LogP) is 3.50. The Morgan fingerprint density at radius 1 is 1.33 bits per heavy atom. The summed E-state index contributed by atoms with van der Waals surface area (Å²) in [5.74, 6) is 0.344. The lowest BCUT2D eigenvalue weighted by Gasteiger charge is -2.23. The highest BCUT2D eigenvalue weighted by atomic mass is 19.4. The molecule has 1 N–H and O–H groups in total. The van der Waals surface area contributed by atoms with Crippen molar-refractivity contribution >= 4 is 5.95 Å². The first-order valence-corrected chi connectivity index (χ1v) is 6.31. The molecule has 0 spiro atoms. The van der Waals surface area contributed by atoms with Gasteiger partial charge in [-0.2, -0.15) is 13.2 Å². The number of nitrogens with zero attached hydrogens (tertiary/aromatic N) is 2. The highest BCUT2D eigenvalue weighted by Crippen LogP contribution is 2.24. The van der Waals surface area contributed by atoms with Crippen molar-refractivity contribution < 1.29 is 13.2 Å². The van der Waals surface area contributed by atoms with Gasteiger partial charge in [-0.3, -0.25) is 0 Å². The van der Waals surface area contributed by atoms with E-state index in [-0.39, 0.29) is 6.04 Å². The summed E-state index contributed by atoms with van der Waals surface area (Å²) in [5.41, 5.74) is 0.609. The minimum absolute atomic E-state index is 0.257. The molecule has 2 rings (SSSR count). The van der Waals surface area contributed by atoms with Crippen molar-refractivity contribution in [3.63, 3.8) is 0 Å². The van der Waals surface area contributed by atoms with Gasteiger partial charge < -0.3 is 9.88 Å². The molecule has 1 saturated carbocycles. The smallest absolute Gasteiger partial charge is 0.353 e. The van der Waals surface area contributed by atoms with Gasteiger partial charge in [0.25, 0.3) is 0 Å². The normalized spacial score (nSPS) is 18.0. The fourth-order valence-corrected chi connectivity index (χ4v) is 2.41. The maximum atomic E-state index is 12.4. The molecule has 0 aromatic carbocycles. The van der Waals surface area contributed by atoms with Crippen LogP contribution < -0.4 is 5.32 Å².